The van der Waals surface area contributed by atoms with Gasteiger partial charge in [0, 0.05) is 44.8 Å². The molecule has 0 radical (unpaired) electrons. The van der Waals surface area contributed by atoms with Crippen LogP contribution in [0.3, 0.4) is 0 Å². The number of benzene rings is 3. The summed E-state index contributed by atoms with van der Waals surface area (Å²) in [4.78, 5) is 175. The van der Waals surface area contributed by atoms with E-state index in [4.69, 9.17) is 26.7 Å². The second-order valence-electron chi connectivity index (χ2n) is 27.1. The Labute approximate surface area is 601 Å². The quantitative estimate of drug-likeness (QED) is 0.0337. The van der Waals surface area contributed by atoms with Gasteiger partial charge in [0.2, 0.25) is 70.9 Å². The van der Waals surface area contributed by atoms with Gasteiger partial charge in [0.15, 0.2) is 6.29 Å². The van der Waals surface area contributed by atoms with Gasteiger partial charge in [-0.3, -0.25) is 57.5 Å². The maximum absolute atomic E-state index is 15.3. The summed E-state index contributed by atoms with van der Waals surface area (Å²) in [6.45, 7) is 8.09. The first kappa shape index (κ1) is 81.3. The molecule has 0 unspecified atom stereocenters. The van der Waals surface area contributed by atoms with Crippen molar-refractivity contribution in [2.45, 2.75) is 209 Å². The highest BCUT2D eigenvalue weighted by Gasteiger charge is 2.44. The van der Waals surface area contributed by atoms with E-state index in [0.29, 0.717) is 16.7 Å². The third-order valence-corrected chi connectivity index (χ3v) is 18.0. The van der Waals surface area contributed by atoms with Crippen LogP contribution in [0.1, 0.15) is 108 Å². The molecule has 3 aliphatic heterocycles. The molecule has 4 heterocycles. The second-order valence-corrected chi connectivity index (χ2v) is 27.1. The molecule has 15 atom stereocenters. The number of hydrogen-bond donors (Lipinski definition) is 16. The molecular weight excluding hydrogens is 1350 g/mol. The van der Waals surface area contributed by atoms with Gasteiger partial charge in [-0.05, 0) is 92.7 Å². The number of ether oxygens (including phenoxy) is 2. The highest BCUT2D eigenvalue weighted by atomic mass is 16.7. The topological polar surface area (TPSA) is 524 Å². The molecule has 12 amide bonds. The maximum Gasteiger partial charge on any atom is 0.246 e. The Kier molecular flexibility index (Phi) is 30.5. The predicted molar refractivity (Wildman–Crippen MR) is 371 cm³/mol. The number of hydrogen-bond acceptors (Lipinski definition) is 21. The van der Waals surface area contributed by atoms with E-state index < -0.39 is 194 Å². The normalized spacial score (nSPS) is 27.1. The summed E-state index contributed by atoms with van der Waals surface area (Å²) < 4.78 is 12.5. The van der Waals surface area contributed by atoms with Crippen molar-refractivity contribution in [3.63, 3.8) is 0 Å². The number of carbonyl (C=O) groups excluding carboxylic acids is 12. The number of nitrogens with two attached hydrogens (primary N) is 3. The van der Waals surface area contributed by atoms with Crippen LogP contribution in [-0.2, 0) is 99.2 Å². The molecule has 3 fully saturated rings. The van der Waals surface area contributed by atoms with Crippen molar-refractivity contribution in [2.75, 3.05) is 19.7 Å². The Morgan fingerprint density at radius 2 is 1.07 bits per heavy atom. The highest BCUT2D eigenvalue weighted by molar-refractivity contribution is 6.01. The van der Waals surface area contributed by atoms with Gasteiger partial charge >= 0.3 is 0 Å². The number of rotatable bonds is 23. The number of amides is 12. The fraction of sp³-hybridized carbons (Fsp3) is 0.543. The number of nitrogens with zero attached hydrogens (tertiary/aromatic N) is 4. The van der Waals surface area contributed by atoms with Crippen molar-refractivity contribution < 1.29 is 87.4 Å². The van der Waals surface area contributed by atoms with Crippen LogP contribution in [0.25, 0.3) is 0 Å². The third kappa shape index (κ3) is 24.0. The van der Waals surface area contributed by atoms with E-state index in [-0.39, 0.29) is 95.0 Å². The van der Waals surface area contributed by atoms with E-state index in [2.05, 4.69) is 58.2 Å². The number of fused-ring (bicyclic) bond motifs is 1. The van der Waals surface area contributed by atoms with Crippen molar-refractivity contribution in [3.8, 4) is 5.75 Å². The zero-order chi connectivity index (χ0) is 75.9. The molecule has 0 spiro atoms. The van der Waals surface area contributed by atoms with Crippen LogP contribution in [-0.4, -0.2) is 222 Å². The van der Waals surface area contributed by atoms with E-state index in [1.165, 1.54) is 47.0 Å². The summed E-state index contributed by atoms with van der Waals surface area (Å²) in [5, 5.41) is 73.6. The van der Waals surface area contributed by atoms with Gasteiger partial charge in [-0.15, -0.1) is 5.10 Å². The largest absolute Gasteiger partial charge is 0.508 e. The Morgan fingerprint density at radius 3 is 1.64 bits per heavy atom. The molecule has 19 N–H and O–H groups in total. The lowest BCUT2D eigenvalue weighted by Crippen LogP contribution is -2.62. The fourth-order valence-corrected chi connectivity index (χ4v) is 12.3. The Balaban J connectivity index is 1.31. The van der Waals surface area contributed by atoms with Crippen molar-refractivity contribution in [2.24, 2.45) is 29.0 Å². The van der Waals surface area contributed by atoms with E-state index in [0.717, 1.165) is 0 Å². The van der Waals surface area contributed by atoms with E-state index in [1.807, 2.05) is 0 Å². The van der Waals surface area contributed by atoms with Gasteiger partial charge in [0.25, 0.3) is 0 Å². The number of primary amides is 2. The van der Waals surface area contributed by atoms with Crippen molar-refractivity contribution in [3.05, 3.63) is 114 Å². The van der Waals surface area contributed by atoms with Gasteiger partial charge in [0.1, 0.15) is 84.5 Å². The minimum Gasteiger partial charge on any atom is -0.508 e. The molecule has 3 saturated heterocycles. The predicted octanol–water partition coefficient (Wildman–Crippen LogP) is -3.95. The lowest BCUT2D eigenvalue weighted by molar-refractivity contribution is -0.293. The van der Waals surface area contributed by atoms with Crippen molar-refractivity contribution in [1.82, 2.24) is 67.7 Å². The van der Waals surface area contributed by atoms with Gasteiger partial charge in [-0.2, -0.15) is 0 Å². The van der Waals surface area contributed by atoms with Gasteiger partial charge in [-0.1, -0.05) is 106 Å². The third-order valence-electron chi connectivity index (χ3n) is 18.0. The van der Waals surface area contributed by atoms with Crippen LogP contribution in [0.15, 0.2) is 91.1 Å². The number of phenols is 1. The molecule has 0 saturated carbocycles. The van der Waals surface area contributed by atoms with E-state index >= 15 is 14.4 Å². The average Bonchev–Trinajstić information content (AvgIpc) is 1.54. The monoisotopic (exact) mass is 1450 g/mol. The molecular formula is C70H98N16O18. The highest BCUT2D eigenvalue weighted by Crippen LogP contribution is 2.24. The van der Waals surface area contributed by atoms with Crippen LogP contribution in [0, 0.1) is 11.8 Å². The summed E-state index contributed by atoms with van der Waals surface area (Å²) in [5.41, 5.74) is 18.7. The molecule has 566 valence electrons. The number of aromatic hydroxyl groups is 1. The fourth-order valence-electron chi connectivity index (χ4n) is 12.3. The molecule has 4 aromatic rings. The minimum atomic E-state index is -1.93. The Hall–Kier alpha value is -10.0. The summed E-state index contributed by atoms with van der Waals surface area (Å²) in [7, 11) is 0. The molecule has 0 bridgehead atoms. The Morgan fingerprint density at radius 1 is 0.577 bits per heavy atom. The number of aliphatic hydroxyl groups excluding tert-OH is 3. The van der Waals surface area contributed by atoms with Gasteiger partial charge < -0.3 is 99.9 Å². The van der Waals surface area contributed by atoms with Crippen LogP contribution in [0.5, 0.6) is 5.75 Å². The molecule has 3 aliphatic rings. The lowest BCUT2D eigenvalue weighted by atomic mass is 9.99. The lowest BCUT2D eigenvalue weighted by Gasteiger charge is -2.38. The molecule has 3 aromatic carbocycles. The summed E-state index contributed by atoms with van der Waals surface area (Å²) in [6.07, 6.45) is -8.14. The molecule has 34 nitrogen and oxygen atoms in total. The number of carbonyl (C=O) groups is 12. The van der Waals surface area contributed by atoms with E-state index in [1.54, 1.807) is 88.4 Å². The van der Waals surface area contributed by atoms with Gasteiger partial charge in [-0.25, -0.2) is 4.68 Å². The standard InChI is InChI=1S/C70H98N16O18/c1-37(2)30-47-62(95)81-52(33-41-16-10-7-11-17-41)69(102)86-27-13-19-53(86)67(100)80-50(34-43-36-85(84-83-43)28-29-103-70-59(92)58(91)57(90)39(5)104-70)64(97)78-48(31-40-14-8-6-9-15-40)63(96)79-51(35-55(73)89)65(98)74-46(24-25-54(72)88)61(94)77-49(32-42-20-22-44(87)23-21-42)66(99)82-56(38(3)4)68(101)75-45(18-12-26-71)60(93)76-47/h6-11,14-17,20-23,36-39,45-53,56-59,70,87,90-92H,12-13,18-19,24-35,71H2,1-5H3,(H2,72,88)(H2,73,89)(H,74,98)(H,75,101)(H,76,93)(H,77,94)(H,78,97)(H,79,96)(H,80,100)(H,81,95)(H,82,99)/t39-,45-,46-,47-,48+,49-,50-,51-,52+,53-,56-,57+,58+,59-,70-/m0/s1. The molecule has 34 heteroatoms. The number of phenolic OH excluding ortho intramolecular Hbond substituents is 1. The van der Waals surface area contributed by atoms with E-state index in [9.17, 15) is 63.6 Å². The maximum atomic E-state index is 15.3. The SMILES string of the molecule is CC(C)C[C@@H]1NC(=O)[C@H](CCCN)NC(=O)[C@H](C(C)C)NC(=O)[C@H](Cc2ccc(O)cc2)NC(=O)[C@H](CCC(N)=O)NC(=O)[C@H](CC(N)=O)NC(=O)[C@@H](Cc2ccccc2)NC(=O)[C@H](Cc2cn(CCO[C@H]3O[C@@H](C)[C@@H](O)[C@@H](O)[C@@H]3O)nn2)NC(=O)[C@@H]2CCCN2C(=O)[C@@H](Cc2ccccc2)NC1=O. The minimum absolute atomic E-state index is 0.00573. The van der Waals surface area contributed by atoms with Gasteiger partial charge in [0.05, 0.1) is 31.4 Å². The van der Waals surface area contributed by atoms with Crippen LogP contribution in [0.4, 0.5) is 0 Å². The average molecular weight is 1450 g/mol. The Bertz CT molecular complexity index is 3610. The molecule has 1 aromatic heterocycles. The zero-order valence-electron chi connectivity index (χ0n) is 58.8. The summed E-state index contributed by atoms with van der Waals surface area (Å²) in [5.74, 6) is -12.7. The second kappa shape index (κ2) is 39.0. The number of aromatic nitrogens is 3. The van der Waals surface area contributed by atoms with Crippen molar-refractivity contribution in [1.29, 1.82) is 0 Å². The first-order valence-corrected chi connectivity index (χ1v) is 34.8. The molecule has 7 rings (SSSR count). The summed E-state index contributed by atoms with van der Waals surface area (Å²) >= 11 is 0. The number of nitrogens with one attached hydrogen (secondary N) is 9. The zero-order valence-corrected chi connectivity index (χ0v) is 58.8. The van der Waals surface area contributed by atoms with Crippen LogP contribution < -0.4 is 65.1 Å². The van der Waals surface area contributed by atoms with Crippen LogP contribution >= 0.6 is 0 Å². The molecule has 0 aliphatic carbocycles. The summed E-state index contributed by atoms with van der Waals surface area (Å²) in [6, 6.07) is 6.92. The van der Waals surface area contributed by atoms with Crippen LogP contribution in [0.2, 0.25) is 0 Å². The first-order valence-electron chi connectivity index (χ1n) is 34.8. The smallest absolute Gasteiger partial charge is 0.246 e. The van der Waals surface area contributed by atoms with Crippen molar-refractivity contribution >= 4 is 70.9 Å². The number of aliphatic hydroxyl groups is 3. The molecule has 104 heavy (non-hydrogen) atoms. The first-order chi connectivity index (χ1) is 49.5.